The summed E-state index contributed by atoms with van der Waals surface area (Å²) in [6, 6.07) is 12.9. The largest absolute Gasteiger partial charge is 0.508 e. The Hall–Kier alpha value is -3.54. The van der Waals surface area contributed by atoms with Crippen LogP contribution in [0.3, 0.4) is 0 Å². The molecule has 0 bridgehead atoms. The van der Waals surface area contributed by atoms with Crippen LogP contribution in [-0.4, -0.2) is 46.7 Å². The van der Waals surface area contributed by atoms with E-state index in [1.165, 1.54) is 29.2 Å². The lowest BCUT2D eigenvalue weighted by Gasteiger charge is -2.29. The maximum Gasteiger partial charge on any atom is 0.410 e. The Morgan fingerprint density at radius 2 is 1.36 bits per heavy atom. The zero-order valence-electron chi connectivity index (χ0n) is 15.5. The van der Waals surface area contributed by atoms with E-state index in [-0.39, 0.29) is 37.0 Å². The molecular weight excluding hydrogens is 358 g/mol. The van der Waals surface area contributed by atoms with E-state index < -0.39 is 6.09 Å². The Morgan fingerprint density at radius 1 is 0.929 bits per heavy atom. The van der Waals surface area contributed by atoms with Crippen molar-refractivity contribution in [3.63, 3.8) is 0 Å². The van der Waals surface area contributed by atoms with Crippen molar-refractivity contribution < 1.29 is 24.5 Å². The summed E-state index contributed by atoms with van der Waals surface area (Å²) in [5, 5.41) is 18.9. The highest BCUT2D eigenvalue weighted by atomic mass is 16.6. The van der Waals surface area contributed by atoms with Crippen molar-refractivity contribution >= 4 is 24.0 Å². The number of phenols is 2. The van der Waals surface area contributed by atoms with Gasteiger partial charge in [0.15, 0.2) is 5.78 Å². The molecule has 2 N–H and O–H groups in total. The van der Waals surface area contributed by atoms with Crippen LogP contribution in [0.15, 0.2) is 59.7 Å². The molecule has 2 aromatic rings. The van der Waals surface area contributed by atoms with Gasteiger partial charge in [0.25, 0.3) is 0 Å². The van der Waals surface area contributed by atoms with Crippen LogP contribution < -0.4 is 0 Å². The second-order valence-corrected chi connectivity index (χ2v) is 6.41. The number of carbonyl (C=O) groups excluding carboxylic acids is 2. The number of ketones is 1. The number of benzene rings is 2. The minimum Gasteiger partial charge on any atom is -0.508 e. The van der Waals surface area contributed by atoms with Gasteiger partial charge in [-0.3, -0.25) is 9.69 Å². The molecule has 6 nitrogen and oxygen atoms in total. The van der Waals surface area contributed by atoms with Crippen LogP contribution in [0, 0.1) is 0 Å². The van der Waals surface area contributed by atoms with Crippen molar-refractivity contribution in [3.8, 4) is 11.5 Å². The number of aromatic hydroxyl groups is 2. The Morgan fingerprint density at radius 3 is 1.75 bits per heavy atom. The van der Waals surface area contributed by atoms with Crippen LogP contribution >= 0.6 is 0 Å². The molecule has 0 radical (unpaired) electrons. The average Bonchev–Trinajstić information content (AvgIpc) is 2.68. The summed E-state index contributed by atoms with van der Waals surface area (Å²) in [6.07, 6.45) is 2.93. The number of hydrogen-bond acceptors (Lipinski definition) is 5. The lowest BCUT2D eigenvalue weighted by Crippen LogP contribution is -2.41. The zero-order valence-corrected chi connectivity index (χ0v) is 15.5. The van der Waals surface area contributed by atoms with E-state index in [1.54, 1.807) is 43.3 Å². The number of amides is 1. The van der Waals surface area contributed by atoms with Crippen molar-refractivity contribution in [2.45, 2.75) is 6.92 Å². The van der Waals surface area contributed by atoms with Crippen LogP contribution in [0.5, 0.6) is 11.5 Å². The summed E-state index contributed by atoms with van der Waals surface area (Å²) in [4.78, 5) is 26.7. The summed E-state index contributed by atoms with van der Waals surface area (Å²) in [5.74, 6) is 0.123. The van der Waals surface area contributed by atoms with Gasteiger partial charge in [-0.05, 0) is 54.5 Å². The maximum atomic E-state index is 13.0. The monoisotopic (exact) mass is 379 g/mol. The number of likely N-dealkylation sites (tertiary alicyclic amines) is 1. The molecule has 1 fully saturated rings. The normalized spacial score (nSPS) is 17.2. The first-order chi connectivity index (χ1) is 13.5. The van der Waals surface area contributed by atoms with Crippen molar-refractivity contribution in [1.29, 1.82) is 0 Å². The van der Waals surface area contributed by atoms with E-state index in [4.69, 9.17) is 4.74 Å². The fourth-order valence-corrected chi connectivity index (χ4v) is 2.93. The van der Waals surface area contributed by atoms with Gasteiger partial charge in [-0.15, -0.1) is 0 Å². The summed E-state index contributed by atoms with van der Waals surface area (Å²) >= 11 is 0. The third-order valence-corrected chi connectivity index (χ3v) is 4.30. The number of rotatable bonds is 3. The second-order valence-electron chi connectivity index (χ2n) is 6.41. The summed E-state index contributed by atoms with van der Waals surface area (Å²) < 4.78 is 5.10. The number of hydrogen-bond donors (Lipinski definition) is 2. The molecule has 144 valence electrons. The first kappa shape index (κ1) is 19.2. The Balaban J connectivity index is 1.96. The molecule has 0 aromatic heterocycles. The van der Waals surface area contributed by atoms with Crippen LogP contribution in [0.4, 0.5) is 4.79 Å². The van der Waals surface area contributed by atoms with E-state index in [9.17, 15) is 19.8 Å². The third-order valence-electron chi connectivity index (χ3n) is 4.30. The maximum absolute atomic E-state index is 13.0. The predicted molar refractivity (Wildman–Crippen MR) is 106 cm³/mol. The van der Waals surface area contributed by atoms with Crippen molar-refractivity contribution in [1.82, 2.24) is 4.90 Å². The molecular formula is C22H21NO5. The van der Waals surface area contributed by atoms with Gasteiger partial charge >= 0.3 is 6.09 Å². The Labute approximate surface area is 163 Å². The van der Waals surface area contributed by atoms with Gasteiger partial charge in [0.2, 0.25) is 0 Å². The topological polar surface area (TPSA) is 87.1 Å². The van der Waals surface area contributed by atoms with Crippen molar-refractivity contribution in [3.05, 3.63) is 70.8 Å². The molecule has 1 heterocycles. The zero-order chi connectivity index (χ0) is 20.1. The van der Waals surface area contributed by atoms with Gasteiger partial charge < -0.3 is 14.9 Å². The quantitative estimate of drug-likeness (QED) is 0.796. The van der Waals surface area contributed by atoms with E-state index in [0.717, 1.165) is 11.1 Å². The Bertz CT molecular complexity index is 859. The van der Waals surface area contributed by atoms with E-state index >= 15 is 0 Å². The first-order valence-electron chi connectivity index (χ1n) is 8.92. The van der Waals surface area contributed by atoms with Gasteiger partial charge in [0, 0.05) is 11.1 Å². The highest BCUT2D eigenvalue weighted by Gasteiger charge is 2.29. The lowest BCUT2D eigenvalue weighted by molar-refractivity contribution is -0.113. The minimum atomic E-state index is -0.483. The van der Waals surface area contributed by atoms with Crippen LogP contribution in [0.25, 0.3) is 12.2 Å². The van der Waals surface area contributed by atoms with E-state index in [0.29, 0.717) is 11.1 Å². The third kappa shape index (κ3) is 4.59. The fraction of sp³-hybridized carbons (Fsp3) is 0.182. The van der Waals surface area contributed by atoms with Gasteiger partial charge in [0.05, 0.1) is 19.7 Å². The molecule has 28 heavy (non-hydrogen) atoms. The van der Waals surface area contributed by atoms with Gasteiger partial charge in [-0.25, -0.2) is 4.79 Å². The number of Topliss-reactive ketones (excluding diaryl/α,β-unsaturated/α-hetero) is 1. The van der Waals surface area contributed by atoms with Crippen molar-refractivity contribution in [2.75, 3.05) is 19.7 Å². The van der Waals surface area contributed by atoms with Crippen LogP contribution in [0.1, 0.15) is 18.1 Å². The number of phenolic OH excluding ortho intramolecular Hbond substituents is 2. The molecule has 0 unspecified atom stereocenters. The SMILES string of the molecule is CCOC(=O)N1C/C(=C/c2ccc(O)cc2)C(=O)/C(=C/c2ccc(O)cc2)C1. The molecule has 0 saturated carbocycles. The van der Waals surface area contributed by atoms with E-state index in [1.807, 2.05) is 0 Å². The smallest absolute Gasteiger partial charge is 0.410 e. The predicted octanol–water partition coefficient (Wildman–Crippen LogP) is 3.61. The average molecular weight is 379 g/mol. The molecule has 1 amide bonds. The second kappa shape index (κ2) is 8.43. The highest BCUT2D eigenvalue weighted by Crippen LogP contribution is 2.24. The number of nitrogens with zero attached hydrogens (tertiary/aromatic N) is 1. The van der Waals surface area contributed by atoms with Gasteiger partial charge in [-0.2, -0.15) is 0 Å². The van der Waals surface area contributed by atoms with Crippen molar-refractivity contribution in [2.24, 2.45) is 0 Å². The lowest BCUT2D eigenvalue weighted by atomic mass is 9.94. The minimum absolute atomic E-state index is 0.137. The molecule has 0 atom stereocenters. The standard InChI is InChI=1S/C22H21NO5/c1-2-28-22(27)23-13-17(11-15-3-7-19(24)8-4-15)21(26)18(14-23)12-16-5-9-20(25)10-6-16/h3-12,24-25H,2,13-14H2,1H3/b17-11-,18-12+. The molecule has 3 rings (SSSR count). The molecule has 2 aromatic carbocycles. The first-order valence-corrected chi connectivity index (χ1v) is 8.92. The number of ether oxygens (including phenoxy) is 1. The van der Waals surface area contributed by atoms with Gasteiger partial charge in [0.1, 0.15) is 11.5 Å². The van der Waals surface area contributed by atoms with Crippen LogP contribution in [0.2, 0.25) is 0 Å². The Kier molecular flexibility index (Phi) is 5.79. The number of carbonyl (C=O) groups is 2. The molecule has 6 heteroatoms. The summed E-state index contributed by atoms with van der Waals surface area (Å²) in [7, 11) is 0. The summed E-state index contributed by atoms with van der Waals surface area (Å²) in [5.41, 5.74) is 2.40. The van der Waals surface area contributed by atoms with Crippen LogP contribution in [-0.2, 0) is 9.53 Å². The molecule has 0 aliphatic carbocycles. The molecule has 1 aliphatic rings. The fourth-order valence-electron chi connectivity index (χ4n) is 2.93. The van der Waals surface area contributed by atoms with E-state index in [2.05, 4.69) is 0 Å². The van der Waals surface area contributed by atoms with Gasteiger partial charge in [-0.1, -0.05) is 24.3 Å². The number of piperidine rings is 1. The highest BCUT2D eigenvalue weighted by molar-refractivity contribution is 6.15. The molecule has 1 aliphatic heterocycles. The molecule has 1 saturated heterocycles. The molecule has 0 spiro atoms. The summed E-state index contributed by atoms with van der Waals surface area (Å²) in [6.45, 7) is 2.27.